The fraction of sp³-hybridized carbons (Fsp3) is 0.900. The summed E-state index contributed by atoms with van der Waals surface area (Å²) in [5.74, 6) is 1.49. The highest BCUT2D eigenvalue weighted by Gasteiger charge is 2.39. The van der Waals surface area contributed by atoms with Gasteiger partial charge >= 0.3 is 5.97 Å². The van der Waals surface area contributed by atoms with Crippen LogP contribution in [0.15, 0.2) is 0 Å². The Morgan fingerprint density at radius 1 is 1.54 bits per heavy atom. The molecule has 0 spiro atoms. The predicted octanol–water partition coefficient (Wildman–Crippen LogP) is 0.938. The summed E-state index contributed by atoms with van der Waals surface area (Å²) in [7, 11) is 1.46. The van der Waals surface area contributed by atoms with Crippen molar-refractivity contribution in [2.24, 2.45) is 11.8 Å². The standard InChI is InChI=1S/C10H17NO2/c1-13-10(12)5-9-8-4-2-3-7(8)6-11-9/h7-9,11H,2-6H2,1H3/t7-,8-,9-/m1/s1. The first-order valence-corrected chi connectivity index (χ1v) is 5.11. The number of methoxy groups -OCH3 is 1. The van der Waals surface area contributed by atoms with Crippen LogP contribution in [-0.4, -0.2) is 25.7 Å². The maximum atomic E-state index is 11.1. The molecule has 0 aromatic carbocycles. The molecule has 2 rings (SSSR count). The van der Waals surface area contributed by atoms with Crippen LogP contribution in [0.25, 0.3) is 0 Å². The van der Waals surface area contributed by atoms with Crippen LogP contribution in [-0.2, 0) is 9.53 Å². The van der Waals surface area contributed by atoms with Crippen LogP contribution in [0.1, 0.15) is 25.7 Å². The summed E-state index contributed by atoms with van der Waals surface area (Å²) in [6.07, 6.45) is 4.53. The van der Waals surface area contributed by atoms with Gasteiger partial charge in [-0.2, -0.15) is 0 Å². The Morgan fingerprint density at radius 2 is 2.38 bits per heavy atom. The lowest BCUT2D eigenvalue weighted by Crippen LogP contribution is -2.29. The number of esters is 1. The minimum Gasteiger partial charge on any atom is -0.469 e. The number of rotatable bonds is 2. The van der Waals surface area contributed by atoms with Crippen LogP contribution in [0.2, 0.25) is 0 Å². The van der Waals surface area contributed by atoms with Crippen molar-refractivity contribution in [3.8, 4) is 0 Å². The van der Waals surface area contributed by atoms with E-state index in [0.29, 0.717) is 12.5 Å². The highest BCUT2D eigenvalue weighted by atomic mass is 16.5. The number of fused-ring (bicyclic) bond motifs is 1. The minimum absolute atomic E-state index is 0.0787. The lowest BCUT2D eigenvalue weighted by atomic mass is 9.92. The van der Waals surface area contributed by atoms with Crippen LogP contribution >= 0.6 is 0 Å². The molecule has 1 N–H and O–H groups in total. The van der Waals surface area contributed by atoms with Gasteiger partial charge in [0.15, 0.2) is 0 Å². The minimum atomic E-state index is -0.0787. The van der Waals surface area contributed by atoms with E-state index >= 15 is 0 Å². The number of hydrogen-bond acceptors (Lipinski definition) is 3. The van der Waals surface area contributed by atoms with E-state index in [0.717, 1.165) is 18.4 Å². The van der Waals surface area contributed by atoms with Gasteiger partial charge in [-0.3, -0.25) is 4.79 Å². The van der Waals surface area contributed by atoms with E-state index < -0.39 is 0 Å². The molecule has 74 valence electrons. The smallest absolute Gasteiger partial charge is 0.307 e. The fourth-order valence-electron chi connectivity index (χ4n) is 2.79. The van der Waals surface area contributed by atoms with Crippen molar-refractivity contribution < 1.29 is 9.53 Å². The van der Waals surface area contributed by atoms with Gasteiger partial charge in [-0.05, 0) is 31.2 Å². The van der Waals surface area contributed by atoms with Gasteiger partial charge in [0, 0.05) is 6.04 Å². The third kappa shape index (κ3) is 1.70. The summed E-state index contributed by atoms with van der Waals surface area (Å²) in [6.45, 7) is 1.10. The van der Waals surface area contributed by atoms with E-state index in [1.165, 1.54) is 26.4 Å². The molecule has 1 saturated carbocycles. The average molecular weight is 183 g/mol. The molecule has 2 aliphatic rings. The van der Waals surface area contributed by atoms with Crippen molar-refractivity contribution in [1.82, 2.24) is 5.32 Å². The van der Waals surface area contributed by atoms with Crippen molar-refractivity contribution >= 4 is 5.97 Å². The van der Waals surface area contributed by atoms with Crippen molar-refractivity contribution in [3.05, 3.63) is 0 Å². The van der Waals surface area contributed by atoms with Gasteiger partial charge in [-0.15, -0.1) is 0 Å². The number of carbonyl (C=O) groups is 1. The second-order valence-corrected chi connectivity index (χ2v) is 4.15. The number of carbonyl (C=O) groups excluding carboxylic acids is 1. The molecule has 3 atom stereocenters. The molecule has 3 heteroatoms. The summed E-state index contributed by atoms with van der Waals surface area (Å²) >= 11 is 0. The van der Waals surface area contributed by atoms with E-state index in [2.05, 4.69) is 10.1 Å². The van der Waals surface area contributed by atoms with Gasteiger partial charge < -0.3 is 10.1 Å². The van der Waals surface area contributed by atoms with Crippen molar-refractivity contribution in [3.63, 3.8) is 0 Å². The van der Waals surface area contributed by atoms with E-state index in [9.17, 15) is 4.79 Å². The Balaban J connectivity index is 1.90. The zero-order valence-corrected chi connectivity index (χ0v) is 8.08. The van der Waals surface area contributed by atoms with Gasteiger partial charge in [-0.1, -0.05) is 6.42 Å². The number of nitrogens with one attached hydrogen (secondary N) is 1. The maximum absolute atomic E-state index is 11.1. The summed E-state index contributed by atoms with van der Waals surface area (Å²) < 4.78 is 4.68. The Labute approximate surface area is 78.8 Å². The highest BCUT2D eigenvalue weighted by Crippen LogP contribution is 2.38. The third-order valence-electron chi connectivity index (χ3n) is 3.49. The summed E-state index contributed by atoms with van der Waals surface area (Å²) in [5.41, 5.74) is 0. The molecule has 0 bridgehead atoms. The Kier molecular flexibility index (Phi) is 2.54. The second-order valence-electron chi connectivity index (χ2n) is 4.15. The Hall–Kier alpha value is -0.570. The van der Waals surface area contributed by atoms with Crippen LogP contribution < -0.4 is 5.32 Å². The van der Waals surface area contributed by atoms with Gasteiger partial charge in [0.05, 0.1) is 13.5 Å². The van der Waals surface area contributed by atoms with Crippen LogP contribution in [0.3, 0.4) is 0 Å². The molecule has 1 aliphatic heterocycles. The molecule has 0 aromatic rings. The molecular formula is C10H17NO2. The molecule has 0 aromatic heterocycles. The highest BCUT2D eigenvalue weighted by molar-refractivity contribution is 5.70. The van der Waals surface area contributed by atoms with Gasteiger partial charge in [0.1, 0.15) is 0 Å². The van der Waals surface area contributed by atoms with Gasteiger partial charge in [0.2, 0.25) is 0 Å². The van der Waals surface area contributed by atoms with E-state index in [1.54, 1.807) is 0 Å². The van der Waals surface area contributed by atoms with Gasteiger partial charge in [-0.25, -0.2) is 0 Å². The Morgan fingerprint density at radius 3 is 3.15 bits per heavy atom. The lowest BCUT2D eigenvalue weighted by molar-refractivity contribution is -0.141. The molecule has 1 heterocycles. The normalized spacial score (nSPS) is 37.5. The van der Waals surface area contributed by atoms with Gasteiger partial charge in [0.25, 0.3) is 0 Å². The molecule has 3 nitrogen and oxygen atoms in total. The zero-order valence-electron chi connectivity index (χ0n) is 8.08. The number of ether oxygens (including phenoxy) is 1. The first-order chi connectivity index (χ1) is 6.31. The van der Waals surface area contributed by atoms with Crippen molar-refractivity contribution in [2.45, 2.75) is 31.7 Å². The van der Waals surface area contributed by atoms with E-state index in [4.69, 9.17) is 0 Å². The third-order valence-corrected chi connectivity index (χ3v) is 3.49. The quantitative estimate of drug-likeness (QED) is 0.647. The Bertz CT molecular complexity index is 205. The monoisotopic (exact) mass is 183 g/mol. The fourth-order valence-corrected chi connectivity index (χ4v) is 2.79. The number of hydrogen-bond donors (Lipinski definition) is 1. The molecule has 0 amide bonds. The molecule has 1 aliphatic carbocycles. The second kappa shape index (κ2) is 3.66. The van der Waals surface area contributed by atoms with Crippen LogP contribution in [0.4, 0.5) is 0 Å². The first kappa shape index (κ1) is 9.00. The largest absolute Gasteiger partial charge is 0.469 e. The molecule has 1 saturated heterocycles. The average Bonchev–Trinajstić information content (AvgIpc) is 2.69. The molecule has 2 fully saturated rings. The lowest BCUT2D eigenvalue weighted by Gasteiger charge is -2.16. The maximum Gasteiger partial charge on any atom is 0.307 e. The first-order valence-electron chi connectivity index (χ1n) is 5.11. The van der Waals surface area contributed by atoms with Crippen molar-refractivity contribution in [2.75, 3.05) is 13.7 Å². The molecule has 0 unspecified atom stereocenters. The van der Waals surface area contributed by atoms with Crippen LogP contribution in [0, 0.1) is 11.8 Å². The predicted molar refractivity (Wildman–Crippen MR) is 49.3 cm³/mol. The molecule has 0 radical (unpaired) electrons. The summed E-state index contributed by atoms with van der Waals surface area (Å²) in [4.78, 5) is 11.1. The SMILES string of the molecule is COC(=O)C[C@H]1NC[C@H]2CCC[C@H]21. The zero-order chi connectivity index (χ0) is 9.26. The van der Waals surface area contributed by atoms with Crippen LogP contribution in [0.5, 0.6) is 0 Å². The summed E-state index contributed by atoms with van der Waals surface area (Å²) in [6, 6.07) is 0.389. The topological polar surface area (TPSA) is 38.3 Å². The molecular weight excluding hydrogens is 166 g/mol. The molecule has 13 heavy (non-hydrogen) atoms. The summed E-state index contributed by atoms with van der Waals surface area (Å²) in [5, 5.41) is 3.42. The van der Waals surface area contributed by atoms with E-state index in [1.807, 2.05) is 0 Å². The van der Waals surface area contributed by atoms with Crippen molar-refractivity contribution in [1.29, 1.82) is 0 Å². The van der Waals surface area contributed by atoms with E-state index in [-0.39, 0.29) is 5.97 Å².